The molecule has 0 fully saturated rings. The van der Waals surface area contributed by atoms with Crippen LogP contribution in [0.1, 0.15) is 36.4 Å². The first-order chi connectivity index (χ1) is 10.1. The van der Waals surface area contributed by atoms with Crippen LogP contribution in [0.25, 0.3) is 0 Å². The summed E-state index contributed by atoms with van der Waals surface area (Å²) in [5.74, 6) is 0. The molecular weight excluding hydrogens is 254 g/mol. The van der Waals surface area contributed by atoms with Crippen molar-refractivity contribution in [2.75, 3.05) is 21.1 Å². The van der Waals surface area contributed by atoms with Gasteiger partial charge in [-0.25, -0.2) is 0 Å². The first kappa shape index (κ1) is 15.8. The van der Waals surface area contributed by atoms with Crippen molar-refractivity contribution >= 4 is 0 Å². The molecule has 1 heteroatoms. The van der Waals surface area contributed by atoms with Crippen LogP contribution in [0.15, 0.2) is 60.7 Å². The minimum Gasteiger partial charge on any atom is -0.325 e. The van der Waals surface area contributed by atoms with E-state index in [1.165, 1.54) is 36.8 Å². The molecule has 112 valence electrons. The summed E-state index contributed by atoms with van der Waals surface area (Å²) in [5, 5.41) is 0. The quantitative estimate of drug-likeness (QED) is 0.503. The predicted octanol–water partition coefficient (Wildman–Crippen LogP) is 4.85. The van der Waals surface area contributed by atoms with E-state index < -0.39 is 0 Å². The van der Waals surface area contributed by atoms with Crippen LogP contribution in [-0.2, 0) is 6.42 Å². The normalized spacial score (nSPS) is 13.1. The van der Waals surface area contributed by atoms with Gasteiger partial charge >= 0.3 is 0 Å². The smallest absolute Gasteiger partial charge is 0.114 e. The lowest BCUT2D eigenvalue weighted by Crippen LogP contribution is -2.38. The third-order valence-corrected chi connectivity index (χ3v) is 4.16. The van der Waals surface area contributed by atoms with Gasteiger partial charge in [0.1, 0.15) is 6.04 Å². The van der Waals surface area contributed by atoms with Crippen molar-refractivity contribution < 1.29 is 4.48 Å². The van der Waals surface area contributed by atoms with E-state index in [1.54, 1.807) is 0 Å². The highest BCUT2D eigenvalue weighted by atomic mass is 15.3. The van der Waals surface area contributed by atoms with Gasteiger partial charge in [-0.05, 0) is 24.8 Å². The van der Waals surface area contributed by atoms with E-state index in [9.17, 15) is 0 Å². The number of unbranched alkanes of at least 4 members (excludes halogenated alkanes) is 1. The monoisotopic (exact) mass is 282 g/mol. The maximum Gasteiger partial charge on any atom is 0.114 e. The SMILES string of the molecule is C[N+](C)(C)C(CCCCc1ccccc1)c1ccccc1. The van der Waals surface area contributed by atoms with Gasteiger partial charge in [-0.3, -0.25) is 0 Å². The fraction of sp³-hybridized carbons (Fsp3) is 0.400. The van der Waals surface area contributed by atoms with Crippen molar-refractivity contribution in [3.05, 3.63) is 71.8 Å². The first-order valence-electron chi connectivity index (χ1n) is 7.97. The maximum absolute atomic E-state index is 2.30. The first-order valence-corrected chi connectivity index (χ1v) is 7.97. The molecule has 0 bridgehead atoms. The molecule has 0 amide bonds. The molecule has 1 unspecified atom stereocenters. The van der Waals surface area contributed by atoms with Crippen LogP contribution in [0, 0.1) is 0 Å². The molecule has 2 aromatic carbocycles. The number of hydrogen-bond acceptors (Lipinski definition) is 0. The lowest BCUT2D eigenvalue weighted by atomic mass is 9.97. The molecular formula is C20H28N+. The van der Waals surface area contributed by atoms with E-state index in [4.69, 9.17) is 0 Å². The second kappa shape index (κ2) is 7.42. The molecule has 1 nitrogen and oxygen atoms in total. The van der Waals surface area contributed by atoms with Gasteiger partial charge in [0.05, 0.1) is 21.1 Å². The highest BCUT2D eigenvalue weighted by molar-refractivity contribution is 5.17. The van der Waals surface area contributed by atoms with Crippen molar-refractivity contribution in [2.45, 2.75) is 31.7 Å². The summed E-state index contributed by atoms with van der Waals surface area (Å²) in [6.45, 7) is 0. The topological polar surface area (TPSA) is 0 Å². The van der Waals surface area contributed by atoms with Crippen molar-refractivity contribution in [1.82, 2.24) is 0 Å². The van der Waals surface area contributed by atoms with Crippen LogP contribution in [0.5, 0.6) is 0 Å². The Bertz CT molecular complexity index is 511. The lowest BCUT2D eigenvalue weighted by molar-refractivity contribution is -0.902. The van der Waals surface area contributed by atoms with Gasteiger partial charge in [-0.15, -0.1) is 0 Å². The minimum absolute atomic E-state index is 0.585. The van der Waals surface area contributed by atoms with Gasteiger partial charge in [0.25, 0.3) is 0 Å². The average molecular weight is 282 g/mol. The van der Waals surface area contributed by atoms with Crippen molar-refractivity contribution in [3.63, 3.8) is 0 Å². The molecule has 0 aliphatic carbocycles. The van der Waals surface area contributed by atoms with E-state index in [1.807, 2.05) is 0 Å². The highest BCUT2D eigenvalue weighted by Gasteiger charge is 2.24. The van der Waals surface area contributed by atoms with Crippen LogP contribution in [0.4, 0.5) is 0 Å². The van der Waals surface area contributed by atoms with Gasteiger partial charge in [0.15, 0.2) is 0 Å². The second-order valence-corrected chi connectivity index (χ2v) is 6.77. The summed E-state index contributed by atoms with van der Waals surface area (Å²) in [7, 11) is 6.90. The standard InChI is InChI=1S/C20H28N/c1-21(2,3)20(19-15-8-5-9-16-19)17-11-10-14-18-12-6-4-7-13-18/h4-9,12-13,15-16,20H,10-11,14,17H2,1-3H3/q+1. The molecule has 0 aliphatic rings. The Morgan fingerprint density at radius 1 is 0.762 bits per heavy atom. The number of rotatable bonds is 7. The lowest BCUT2D eigenvalue weighted by Gasteiger charge is -2.34. The van der Waals surface area contributed by atoms with E-state index >= 15 is 0 Å². The fourth-order valence-electron chi connectivity index (χ4n) is 2.99. The Labute approximate surface area is 129 Å². The molecule has 0 aliphatic heterocycles. The van der Waals surface area contributed by atoms with Crippen LogP contribution >= 0.6 is 0 Å². The molecule has 0 saturated heterocycles. The largest absolute Gasteiger partial charge is 0.325 e. The Morgan fingerprint density at radius 3 is 1.90 bits per heavy atom. The second-order valence-electron chi connectivity index (χ2n) is 6.77. The van der Waals surface area contributed by atoms with Gasteiger partial charge < -0.3 is 4.48 Å². The molecule has 0 radical (unpaired) electrons. The number of nitrogens with zero attached hydrogens (tertiary/aromatic N) is 1. The zero-order valence-corrected chi connectivity index (χ0v) is 13.6. The fourth-order valence-corrected chi connectivity index (χ4v) is 2.99. The summed E-state index contributed by atoms with van der Waals surface area (Å²) in [6.07, 6.45) is 5.00. The Kier molecular flexibility index (Phi) is 5.58. The summed E-state index contributed by atoms with van der Waals surface area (Å²) >= 11 is 0. The zero-order valence-electron chi connectivity index (χ0n) is 13.6. The highest BCUT2D eigenvalue weighted by Crippen LogP contribution is 2.28. The van der Waals surface area contributed by atoms with Crippen molar-refractivity contribution in [2.24, 2.45) is 0 Å². The Balaban J connectivity index is 1.89. The number of hydrogen-bond donors (Lipinski definition) is 0. The molecule has 21 heavy (non-hydrogen) atoms. The molecule has 1 atom stereocenters. The third kappa shape index (κ3) is 5.02. The molecule has 0 heterocycles. The summed E-state index contributed by atoms with van der Waals surface area (Å²) in [6, 6.07) is 22.4. The van der Waals surface area contributed by atoms with Crippen LogP contribution < -0.4 is 0 Å². The molecule has 2 rings (SSSR count). The summed E-state index contributed by atoms with van der Waals surface area (Å²) < 4.78 is 0.995. The average Bonchev–Trinajstić information content (AvgIpc) is 2.48. The molecule has 2 aromatic rings. The number of aryl methyl sites for hydroxylation is 1. The van der Waals surface area contributed by atoms with Gasteiger partial charge in [-0.2, -0.15) is 0 Å². The van der Waals surface area contributed by atoms with Crippen LogP contribution in [0.2, 0.25) is 0 Å². The van der Waals surface area contributed by atoms with Crippen molar-refractivity contribution in [3.8, 4) is 0 Å². The molecule has 0 N–H and O–H groups in total. The van der Waals surface area contributed by atoms with E-state index in [0.717, 1.165) is 4.48 Å². The van der Waals surface area contributed by atoms with E-state index in [-0.39, 0.29) is 0 Å². The predicted molar refractivity (Wildman–Crippen MR) is 91.2 cm³/mol. The van der Waals surface area contributed by atoms with E-state index in [2.05, 4.69) is 81.8 Å². The zero-order chi connectivity index (χ0) is 15.1. The Morgan fingerprint density at radius 2 is 1.33 bits per heavy atom. The third-order valence-electron chi connectivity index (χ3n) is 4.16. The van der Waals surface area contributed by atoms with E-state index in [0.29, 0.717) is 6.04 Å². The Hall–Kier alpha value is -1.60. The van der Waals surface area contributed by atoms with Gasteiger partial charge in [0.2, 0.25) is 0 Å². The molecule has 0 saturated carbocycles. The molecule has 0 aromatic heterocycles. The summed E-state index contributed by atoms with van der Waals surface area (Å²) in [5.41, 5.74) is 2.92. The van der Waals surface area contributed by atoms with Gasteiger partial charge in [0, 0.05) is 12.0 Å². The maximum atomic E-state index is 2.30. The van der Waals surface area contributed by atoms with Crippen LogP contribution in [0.3, 0.4) is 0 Å². The summed E-state index contributed by atoms with van der Waals surface area (Å²) in [4.78, 5) is 0. The van der Waals surface area contributed by atoms with Gasteiger partial charge in [-0.1, -0.05) is 60.7 Å². The number of quaternary nitrogens is 1. The minimum atomic E-state index is 0.585. The number of benzene rings is 2. The molecule has 0 spiro atoms. The van der Waals surface area contributed by atoms with Crippen molar-refractivity contribution in [1.29, 1.82) is 0 Å². The van der Waals surface area contributed by atoms with Crippen LogP contribution in [-0.4, -0.2) is 25.6 Å².